The highest BCUT2D eigenvalue weighted by Gasteiger charge is 2.31. The third kappa shape index (κ3) is 6.17. The molecule has 1 saturated carbocycles. The molecule has 6 rings (SSSR count). The number of hydrogen-bond donors (Lipinski definition) is 3. The van der Waals surface area contributed by atoms with Crippen LogP contribution in [0.1, 0.15) is 40.7 Å². The molecule has 2 amide bonds. The van der Waals surface area contributed by atoms with Crippen LogP contribution in [0.4, 0.5) is 17.3 Å². The van der Waals surface area contributed by atoms with Gasteiger partial charge in [0.1, 0.15) is 5.03 Å². The summed E-state index contributed by atoms with van der Waals surface area (Å²) in [6.07, 6.45) is 4.17. The number of fused-ring (bicyclic) bond motifs is 2. The van der Waals surface area contributed by atoms with Crippen LogP contribution < -0.4 is 15.5 Å². The molecule has 2 aliphatic heterocycles. The SMILES string of the molecule is O=C(NCCN1CCc2cc(Nc3ncc4c(n3)SCN(c3c(Cl)cccc3Cl)C4=O)ccc2C1)C1CCC(O)C1. The minimum absolute atomic E-state index is 0.0571. The number of anilines is 3. The van der Waals surface area contributed by atoms with E-state index in [-0.39, 0.29) is 23.8 Å². The third-order valence-corrected chi connectivity index (χ3v) is 9.41. The van der Waals surface area contributed by atoms with Crippen LogP contribution in [0.25, 0.3) is 0 Å². The number of aliphatic hydroxyl groups excluding tert-OH is 1. The van der Waals surface area contributed by atoms with Crippen molar-refractivity contribution >= 4 is 64.1 Å². The van der Waals surface area contributed by atoms with Gasteiger partial charge in [-0.25, -0.2) is 9.97 Å². The number of para-hydroxylation sites is 1. The number of aliphatic hydroxyl groups is 1. The van der Waals surface area contributed by atoms with Gasteiger partial charge < -0.3 is 15.7 Å². The number of amides is 2. The molecule has 41 heavy (non-hydrogen) atoms. The summed E-state index contributed by atoms with van der Waals surface area (Å²) in [7, 11) is 0. The van der Waals surface area contributed by atoms with Gasteiger partial charge in [0, 0.05) is 44.0 Å². The highest BCUT2D eigenvalue weighted by atomic mass is 35.5. The second-order valence-corrected chi connectivity index (χ2v) is 12.3. The number of aromatic nitrogens is 2. The normalized spacial score (nSPS) is 20.5. The zero-order valence-electron chi connectivity index (χ0n) is 22.3. The largest absolute Gasteiger partial charge is 0.393 e. The Balaban J connectivity index is 1.05. The zero-order chi connectivity index (χ0) is 28.5. The summed E-state index contributed by atoms with van der Waals surface area (Å²) < 4.78 is 0. The molecular weight excluding hydrogens is 583 g/mol. The van der Waals surface area contributed by atoms with E-state index in [4.69, 9.17) is 23.2 Å². The van der Waals surface area contributed by atoms with Crippen LogP contribution in [-0.2, 0) is 17.8 Å². The lowest BCUT2D eigenvalue weighted by Crippen LogP contribution is -2.39. The molecule has 1 aliphatic carbocycles. The van der Waals surface area contributed by atoms with Gasteiger partial charge >= 0.3 is 0 Å². The maximum absolute atomic E-state index is 13.2. The van der Waals surface area contributed by atoms with Crippen LogP contribution in [0.5, 0.6) is 0 Å². The van der Waals surface area contributed by atoms with Crippen molar-refractivity contribution in [2.75, 3.05) is 35.7 Å². The first kappa shape index (κ1) is 28.2. The Morgan fingerprint density at radius 2 is 1.98 bits per heavy atom. The summed E-state index contributed by atoms with van der Waals surface area (Å²) in [5.41, 5.74) is 4.32. The highest BCUT2D eigenvalue weighted by molar-refractivity contribution is 7.99. The zero-order valence-corrected chi connectivity index (χ0v) is 24.6. The lowest BCUT2D eigenvalue weighted by Gasteiger charge is -2.29. The summed E-state index contributed by atoms with van der Waals surface area (Å²) in [4.78, 5) is 38.4. The fraction of sp³-hybridized carbons (Fsp3) is 0.379. The van der Waals surface area contributed by atoms with E-state index in [2.05, 4.69) is 37.6 Å². The molecule has 12 heteroatoms. The minimum atomic E-state index is -0.336. The van der Waals surface area contributed by atoms with Gasteiger partial charge in [-0.1, -0.05) is 47.1 Å². The molecule has 2 unspecified atom stereocenters. The van der Waals surface area contributed by atoms with Gasteiger partial charge in [-0.05, 0) is 61.1 Å². The smallest absolute Gasteiger partial charge is 0.263 e. The number of hydrogen-bond acceptors (Lipinski definition) is 8. The van der Waals surface area contributed by atoms with Crippen LogP contribution in [0.2, 0.25) is 10.0 Å². The summed E-state index contributed by atoms with van der Waals surface area (Å²) in [5.74, 6) is 0.531. The second kappa shape index (κ2) is 12.1. The van der Waals surface area contributed by atoms with Crippen LogP contribution in [0.15, 0.2) is 47.6 Å². The summed E-state index contributed by atoms with van der Waals surface area (Å²) in [6.45, 7) is 3.14. The Hall–Kier alpha value is -2.89. The maximum atomic E-state index is 13.2. The van der Waals surface area contributed by atoms with E-state index in [0.717, 1.165) is 38.2 Å². The lowest BCUT2D eigenvalue weighted by atomic mass is 9.99. The second-order valence-electron chi connectivity index (χ2n) is 10.6. The Kier molecular flexibility index (Phi) is 8.37. The topological polar surface area (TPSA) is 111 Å². The number of carbonyl (C=O) groups excluding carboxylic acids is 2. The molecule has 9 nitrogen and oxygen atoms in total. The summed E-state index contributed by atoms with van der Waals surface area (Å²) in [6, 6.07) is 11.4. The van der Waals surface area contributed by atoms with Crippen molar-refractivity contribution in [1.82, 2.24) is 20.2 Å². The van der Waals surface area contributed by atoms with Crippen molar-refractivity contribution in [1.29, 1.82) is 0 Å². The highest BCUT2D eigenvalue weighted by Crippen LogP contribution is 2.39. The number of halogens is 2. The Bertz CT molecular complexity index is 1470. The maximum Gasteiger partial charge on any atom is 0.263 e. The quantitative estimate of drug-likeness (QED) is 0.324. The van der Waals surface area contributed by atoms with Gasteiger partial charge in [0.15, 0.2) is 0 Å². The van der Waals surface area contributed by atoms with E-state index in [0.29, 0.717) is 57.5 Å². The standard InChI is InChI=1S/C29H30Cl2N6O3S/c30-23-2-1-3-24(31)25(23)37-16-41-27-22(28(37)40)14-33-29(35-27)34-20-6-4-19-15-36(10-8-17(19)12-20)11-9-32-26(39)18-5-7-21(38)13-18/h1-4,6,12,14,18,21,38H,5,7-11,13,15-16H2,(H,32,39)(H,33,34,35). The van der Waals surface area contributed by atoms with Crippen molar-refractivity contribution in [2.45, 2.75) is 43.4 Å². The predicted octanol–water partition coefficient (Wildman–Crippen LogP) is 4.87. The molecule has 0 saturated heterocycles. The average molecular weight is 614 g/mol. The van der Waals surface area contributed by atoms with E-state index < -0.39 is 0 Å². The molecule has 0 spiro atoms. The van der Waals surface area contributed by atoms with Gasteiger partial charge in [-0.2, -0.15) is 0 Å². The number of thioether (sulfide) groups is 1. The summed E-state index contributed by atoms with van der Waals surface area (Å²) in [5, 5.41) is 17.4. The molecule has 3 aliphatic rings. The number of benzene rings is 2. The number of nitrogens with zero attached hydrogens (tertiary/aromatic N) is 4. The van der Waals surface area contributed by atoms with E-state index in [1.807, 2.05) is 6.07 Å². The Morgan fingerprint density at radius 3 is 2.76 bits per heavy atom. The molecule has 0 bridgehead atoms. The van der Waals surface area contributed by atoms with E-state index in [1.165, 1.54) is 22.9 Å². The summed E-state index contributed by atoms with van der Waals surface area (Å²) >= 11 is 14.1. The molecule has 2 aromatic carbocycles. The molecule has 1 fully saturated rings. The molecule has 3 aromatic rings. The van der Waals surface area contributed by atoms with Crippen molar-refractivity contribution < 1.29 is 14.7 Å². The average Bonchev–Trinajstić information content (AvgIpc) is 3.40. The van der Waals surface area contributed by atoms with E-state index >= 15 is 0 Å². The van der Waals surface area contributed by atoms with Crippen molar-refractivity contribution in [3.63, 3.8) is 0 Å². The molecule has 3 heterocycles. The lowest BCUT2D eigenvalue weighted by molar-refractivity contribution is -0.125. The third-order valence-electron chi connectivity index (χ3n) is 7.82. The van der Waals surface area contributed by atoms with Crippen LogP contribution in [0.3, 0.4) is 0 Å². The van der Waals surface area contributed by atoms with Crippen LogP contribution in [0, 0.1) is 5.92 Å². The van der Waals surface area contributed by atoms with Gasteiger partial charge in [0.25, 0.3) is 5.91 Å². The molecule has 2 atom stereocenters. The molecule has 214 valence electrons. The monoisotopic (exact) mass is 612 g/mol. The fourth-order valence-corrected chi connectivity index (χ4v) is 7.16. The number of carbonyl (C=O) groups is 2. The predicted molar refractivity (Wildman–Crippen MR) is 161 cm³/mol. The fourth-order valence-electron chi connectivity index (χ4n) is 5.61. The molecule has 1 aromatic heterocycles. The van der Waals surface area contributed by atoms with Gasteiger partial charge in [0.2, 0.25) is 11.9 Å². The van der Waals surface area contributed by atoms with Crippen molar-refractivity contribution in [3.8, 4) is 0 Å². The molecule has 0 radical (unpaired) electrons. The minimum Gasteiger partial charge on any atom is -0.393 e. The molecular formula is C29H30Cl2N6O3S. The van der Waals surface area contributed by atoms with Crippen molar-refractivity contribution in [2.24, 2.45) is 5.92 Å². The van der Waals surface area contributed by atoms with Gasteiger partial charge in [0.05, 0.1) is 33.3 Å². The van der Waals surface area contributed by atoms with Gasteiger partial charge in [-0.3, -0.25) is 19.4 Å². The van der Waals surface area contributed by atoms with E-state index in [1.54, 1.807) is 29.3 Å². The number of rotatable bonds is 7. The first-order chi connectivity index (χ1) is 19.9. The van der Waals surface area contributed by atoms with Crippen LogP contribution >= 0.6 is 35.0 Å². The van der Waals surface area contributed by atoms with E-state index in [9.17, 15) is 14.7 Å². The van der Waals surface area contributed by atoms with Gasteiger partial charge in [-0.15, -0.1) is 0 Å². The Morgan fingerprint density at radius 1 is 1.15 bits per heavy atom. The Labute approximate surface area is 252 Å². The number of nitrogens with one attached hydrogen (secondary N) is 2. The first-order valence-corrected chi connectivity index (χ1v) is 15.4. The first-order valence-electron chi connectivity index (χ1n) is 13.7. The van der Waals surface area contributed by atoms with Crippen LogP contribution in [-0.4, -0.2) is 63.4 Å². The van der Waals surface area contributed by atoms with Crippen molar-refractivity contribution in [3.05, 3.63) is 69.3 Å². The molecule has 3 N–H and O–H groups in total.